The van der Waals surface area contributed by atoms with Gasteiger partial charge in [-0.05, 0) is 6.07 Å². The molecule has 1 fully saturated rings. The molecule has 1 aliphatic heterocycles. The molecule has 6 heteroatoms. The van der Waals surface area contributed by atoms with Gasteiger partial charge in [-0.1, -0.05) is 13.8 Å². The van der Waals surface area contributed by atoms with Crippen LogP contribution in [0.25, 0.3) is 0 Å². The number of aldehydes is 1. The fraction of sp³-hybridized carbons (Fsp3) is 0.462. The van der Waals surface area contributed by atoms with E-state index in [9.17, 15) is 14.9 Å². The van der Waals surface area contributed by atoms with E-state index in [1.807, 2.05) is 11.8 Å². The maximum absolute atomic E-state index is 11.2. The zero-order valence-electron chi connectivity index (χ0n) is 10.9. The normalized spacial score (nSPS) is 23.2. The Morgan fingerprint density at radius 3 is 2.53 bits per heavy atom. The van der Waals surface area contributed by atoms with Crippen LogP contribution in [0.2, 0.25) is 0 Å². The number of non-ortho nitro benzene ring substituents is 1. The van der Waals surface area contributed by atoms with Crippen LogP contribution in [0, 0.1) is 10.1 Å². The fourth-order valence-corrected chi connectivity index (χ4v) is 3.74. The standard InChI is InChI=1S/C13H16N2O3S/c1-9-6-14(7-10(2)19-9)13-4-3-12(15(17)18)5-11(13)8-16/h3-5,8-10H,6-7H2,1-2H3. The summed E-state index contributed by atoms with van der Waals surface area (Å²) in [5.41, 5.74) is 1.14. The molecule has 0 aromatic heterocycles. The zero-order chi connectivity index (χ0) is 14.0. The lowest BCUT2D eigenvalue weighted by atomic mass is 10.1. The molecule has 1 aromatic rings. The van der Waals surface area contributed by atoms with E-state index in [1.165, 1.54) is 12.1 Å². The molecule has 2 atom stereocenters. The Bertz CT molecular complexity index is 497. The van der Waals surface area contributed by atoms with Crippen LogP contribution < -0.4 is 4.90 Å². The van der Waals surface area contributed by atoms with Crippen LogP contribution >= 0.6 is 11.8 Å². The van der Waals surface area contributed by atoms with Crippen LogP contribution in [-0.2, 0) is 0 Å². The summed E-state index contributed by atoms with van der Waals surface area (Å²) in [5.74, 6) is 0. The summed E-state index contributed by atoms with van der Waals surface area (Å²) in [6.07, 6.45) is 0.694. The van der Waals surface area contributed by atoms with Crippen LogP contribution in [-0.4, -0.2) is 34.8 Å². The van der Waals surface area contributed by atoms with Gasteiger partial charge in [0.1, 0.15) is 0 Å². The van der Waals surface area contributed by atoms with Gasteiger partial charge in [0.25, 0.3) is 5.69 Å². The summed E-state index contributed by atoms with van der Waals surface area (Å²) in [7, 11) is 0. The molecule has 0 bridgehead atoms. The van der Waals surface area contributed by atoms with Crippen molar-refractivity contribution in [3.8, 4) is 0 Å². The van der Waals surface area contributed by atoms with E-state index in [-0.39, 0.29) is 5.69 Å². The van der Waals surface area contributed by atoms with E-state index in [1.54, 1.807) is 6.07 Å². The number of nitrogens with zero attached hydrogens (tertiary/aromatic N) is 2. The third-order valence-corrected chi connectivity index (χ3v) is 4.34. The molecule has 1 saturated heterocycles. The Kier molecular flexibility index (Phi) is 4.09. The molecule has 0 aliphatic carbocycles. The Labute approximate surface area is 116 Å². The molecule has 0 spiro atoms. The molecular formula is C13H16N2O3S. The van der Waals surface area contributed by atoms with Crippen LogP contribution in [0.4, 0.5) is 11.4 Å². The fourth-order valence-electron chi connectivity index (χ4n) is 2.41. The highest BCUT2D eigenvalue weighted by Crippen LogP contribution is 2.31. The average molecular weight is 280 g/mol. The minimum Gasteiger partial charge on any atom is -0.369 e. The molecule has 1 heterocycles. The van der Waals surface area contributed by atoms with Crippen LogP contribution in [0.15, 0.2) is 18.2 Å². The van der Waals surface area contributed by atoms with Crippen molar-refractivity contribution in [2.24, 2.45) is 0 Å². The van der Waals surface area contributed by atoms with Gasteiger partial charge >= 0.3 is 0 Å². The van der Waals surface area contributed by atoms with Crippen molar-refractivity contribution in [2.75, 3.05) is 18.0 Å². The summed E-state index contributed by atoms with van der Waals surface area (Å²) in [4.78, 5) is 23.5. The van der Waals surface area contributed by atoms with Gasteiger partial charge in [-0.3, -0.25) is 14.9 Å². The maximum atomic E-state index is 11.2. The van der Waals surface area contributed by atoms with E-state index >= 15 is 0 Å². The molecule has 0 N–H and O–H groups in total. The highest BCUT2D eigenvalue weighted by Gasteiger charge is 2.24. The molecule has 19 heavy (non-hydrogen) atoms. The second-order valence-electron chi connectivity index (χ2n) is 4.78. The van der Waals surface area contributed by atoms with E-state index in [0.717, 1.165) is 18.8 Å². The van der Waals surface area contributed by atoms with Crippen molar-refractivity contribution in [3.05, 3.63) is 33.9 Å². The molecule has 2 rings (SSSR count). The van der Waals surface area contributed by atoms with Crippen LogP contribution in [0.3, 0.4) is 0 Å². The van der Waals surface area contributed by atoms with Crippen LogP contribution in [0.5, 0.6) is 0 Å². The maximum Gasteiger partial charge on any atom is 0.270 e. The topological polar surface area (TPSA) is 63.4 Å². The number of benzene rings is 1. The van der Waals surface area contributed by atoms with Crippen molar-refractivity contribution in [3.63, 3.8) is 0 Å². The molecular weight excluding hydrogens is 264 g/mol. The number of rotatable bonds is 3. The van der Waals surface area contributed by atoms with Crippen molar-refractivity contribution in [2.45, 2.75) is 24.3 Å². The highest BCUT2D eigenvalue weighted by atomic mass is 32.2. The largest absolute Gasteiger partial charge is 0.369 e. The lowest BCUT2D eigenvalue weighted by molar-refractivity contribution is -0.384. The minimum absolute atomic E-state index is 0.0432. The molecule has 1 aliphatic rings. The van der Waals surface area contributed by atoms with Gasteiger partial charge in [0.2, 0.25) is 0 Å². The first kappa shape index (κ1) is 13.9. The quantitative estimate of drug-likeness (QED) is 0.484. The first-order chi connectivity index (χ1) is 9.01. The van der Waals surface area contributed by atoms with Crippen molar-refractivity contribution in [1.29, 1.82) is 0 Å². The minimum atomic E-state index is -0.478. The van der Waals surface area contributed by atoms with E-state index in [0.29, 0.717) is 22.3 Å². The predicted molar refractivity (Wildman–Crippen MR) is 77.2 cm³/mol. The Hall–Kier alpha value is -1.56. The zero-order valence-corrected chi connectivity index (χ0v) is 11.7. The number of hydrogen-bond acceptors (Lipinski definition) is 5. The third kappa shape index (κ3) is 3.07. The molecule has 1 aromatic carbocycles. The second-order valence-corrected chi connectivity index (χ2v) is 6.66. The number of carbonyl (C=O) groups excluding carboxylic acids is 1. The molecule has 0 saturated carbocycles. The molecule has 102 valence electrons. The number of hydrogen-bond donors (Lipinski definition) is 0. The van der Waals surface area contributed by atoms with Crippen molar-refractivity contribution < 1.29 is 9.72 Å². The SMILES string of the molecule is CC1CN(c2ccc([N+](=O)[O-])cc2C=O)CC(C)S1. The monoisotopic (exact) mass is 280 g/mol. The smallest absolute Gasteiger partial charge is 0.270 e. The van der Waals surface area contributed by atoms with Crippen LogP contribution in [0.1, 0.15) is 24.2 Å². The summed E-state index contributed by atoms with van der Waals surface area (Å²) in [6, 6.07) is 4.48. The summed E-state index contributed by atoms with van der Waals surface area (Å²) in [5, 5.41) is 11.7. The lowest BCUT2D eigenvalue weighted by Gasteiger charge is -2.36. The number of carbonyl (C=O) groups is 1. The number of thioether (sulfide) groups is 1. The summed E-state index contributed by atoms with van der Waals surface area (Å²) in [6.45, 7) is 6.01. The van der Waals surface area contributed by atoms with Gasteiger partial charge in [-0.15, -0.1) is 0 Å². The second kappa shape index (κ2) is 5.61. The van der Waals surface area contributed by atoms with Gasteiger partial charge in [0.15, 0.2) is 6.29 Å². The van der Waals surface area contributed by atoms with Crippen molar-refractivity contribution >= 4 is 29.4 Å². The first-order valence-corrected chi connectivity index (χ1v) is 7.09. The van der Waals surface area contributed by atoms with Gasteiger partial charge in [0, 0.05) is 47.0 Å². The van der Waals surface area contributed by atoms with E-state index in [4.69, 9.17) is 0 Å². The van der Waals surface area contributed by atoms with Gasteiger partial charge < -0.3 is 4.90 Å². The Morgan fingerprint density at radius 1 is 1.37 bits per heavy atom. The van der Waals surface area contributed by atoms with Gasteiger partial charge in [-0.25, -0.2) is 0 Å². The Balaban J connectivity index is 2.33. The lowest BCUT2D eigenvalue weighted by Crippen LogP contribution is -2.40. The number of anilines is 1. The first-order valence-electron chi connectivity index (χ1n) is 6.15. The van der Waals surface area contributed by atoms with Gasteiger partial charge in [-0.2, -0.15) is 11.8 Å². The highest BCUT2D eigenvalue weighted by molar-refractivity contribution is 8.00. The van der Waals surface area contributed by atoms with E-state index in [2.05, 4.69) is 18.7 Å². The van der Waals surface area contributed by atoms with E-state index < -0.39 is 4.92 Å². The predicted octanol–water partition coefficient (Wildman–Crippen LogP) is 2.74. The van der Waals surface area contributed by atoms with Gasteiger partial charge in [0.05, 0.1) is 4.92 Å². The summed E-state index contributed by atoms with van der Waals surface area (Å²) >= 11 is 1.92. The Morgan fingerprint density at radius 2 is 2.00 bits per heavy atom. The molecule has 5 nitrogen and oxygen atoms in total. The number of nitro groups is 1. The number of nitro benzene ring substituents is 1. The molecule has 2 unspecified atom stereocenters. The molecule has 0 radical (unpaired) electrons. The average Bonchev–Trinajstić information content (AvgIpc) is 2.36. The molecule has 0 amide bonds. The summed E-state index contributed by atoms with van der Waals surface area (Å²) < 4.78 is 0. The van der Waals surface area contributed by atoms with Crippen molar-refractivity contribution in [1.82, 2.24) is 0 Å². The third-order valence-electron chi connectivity index (χ3n) is 3.11.